The van der Waals surface area contributed by atoms with Crippen LogP contribution in [0.5, 0.6) is 0 Å². The van der Waals surface area contributed by atoms with Crippen LogP contribution in [-0.2, 0) is 0 Å². The van der Waals surface area contributed by atoms with Crippen molar-refractivity contribution in [3.05, 3.63) is 104 Å². The van der Waals surface area contributed by atoms with Crippen molar-refractivity contribution in [1.82, 2.24) is 4.57 Å². The zero-order valence-electron chi connectivity index (χ0n) is 17.3. The van der Waals surface area contributed by atoms with Gasteiger partial charge in [-0.15, -0.1) is 0 Å². The molecule has 0 unspecified atom stereocenters. The molecule has 7 nitrogen and oxygen atoms in total. The molecule has 0 aliphatic heterocycles. The first-order valence-electron chi connectivity index (χ1n) is 10.2. The Hall–Kier alpha value is -5.45. The van der Waals surface area contributed by atoms with Gasteiger partial charge < -0.3 is 4.42 Å². The van der Waals surface area contributed by atoms with Crippen LogP contribution in [0, 0.1) is 29.2 Å². The number of para-hydroxylation sites is 1. The quantitative estimate of drug-likeness (QED) is 0.201. The van der Waals surface area contributed by atoms with Crippen LogP contribution in [-0.4, -0.2) is 4.57 Å². The zero-order valence-corrected chi connectivity index (χ0v) is 17.3. The lowest BCUT2D eigenvalue weighted by atomic mass is 9.92. The van der Waals surface area contributed by atoms with Crippen molar-refractivity contribution in [2.45, 2.75) is 0 Å². The minimum Gasteiger partial charge on any atom is -0.467 e. The van der Waals surface area contributed by atoms with Gasteiger partial charge in [0.25, 0.3) is 11.1 Å². The molecule has 0 saturated heterocycles. The van der Waals surface area contributed by atoms with Crippen molar-refractivity contribution in [3.63, 3.8) is 0 Å². The molecule has 0 amide bonds. The Labute approximate surface area is 190 Å². The summed E-state index contributed by atoms with van der Waals surface area (Å²) >= 11 is 0. The van der Waals surface area contributed by atoms with Crippen LogP contribution < -0.4 is 11.1 Å². The molecule has 4 aromatic carbocycles. The molecule has 2 heterocycles. The average molecular weight is 438 g/mol. The second-order valence-electron chi connectivity index (χ2n) is 7.80. The van der Waals surface area contributed by atoms with E-state index >= 15 is 0 Å². The van der Waals surface area contributed by atoms with E-state index in [4.69, 9.17) is 11.0 Å². The summed E-state index contributed by atoms with van der Waals surface area (Å²) in [6, 6.07) is 20.4. The number of aromatic nitrogens is 1. The minimum absolute atomic E-state index is 0.0931. The molecule has 2 aromatic heterocycles. The summed E-state index contributed by atoms with van der Waals surface area (Å²) in [6.07, 6.45) is 0. The van der Waals surface area contributed by atoms with Crippen molar-refractivity contribution >= 4 is 49.2 Å². The van der Waals surface area contributed by atoms with E-state index in [-0.39, 0.29) is 27.6 Å². The Bertz CT molecular complexity index is 2050. The van der Waals surface area contributed by atoms with E-state index in [1.165, 1.54) is 12.1 Å². The normalized spacial score (nSPS) is 11.1. The molecule has 0 saturated carbocycles. The molecule has 0 fully saturated rings. The van der Waals surface area contributed by atoms with E-state index in [9.17, 15) is 20.1 Å². The highest BCUT2D eigenvalue weighted by atomic mass is 16.3. The number of rotatable bonds is 1. The second-order valence-corrected chi connectivity index (χ2v) is 7.80. The Morgan fingerprint density at radius 1 is 0.824 bits per heavy atom. The summed E-state index contributed by atoms with van der Waals surface area (Å²) in [4.78, 5) is 30.7. The van der Waals surface area contributed by atoms with Gasteiger partial charge in [0.1, 0.15) is 11.2 Å². The SMILES string of the molecule is [C-]#[N+]c1cc2c(=O)n(-c3ccccc3)c(=O)c3cc(C#N)c4c5cc(C#N)ccc5oc1c4c23. The van der Waals surface area contributed by atoms with Crippen LogP contribution in [0.4, 0.5) is 5.69 Å². The molecule has 0 radical (unpaired) electrons. The third-order valence-electron chi connectivity index (χ3n) is 6.05. The van der Waals surface area contributed by atoms with Crippen molar-refractivity contribution in [1.29, 1.82) is 10.5 Å². The van der Waals surface area contributed by atoms with Crippen LogP contribution in [0.25, 0.3) is 54.0 Å². The number of hydrogen-bond donors (Lipinski definition) is 0. The zero-order chi connectivity index (χ0) is 23.6. The predicted octanol–water partition coefficient (Wildman–Crippen LogP) is 5.14. The summed E-state index contributed by atoms with van der Waals surface area (Å²) in [5, 5.41) is 21.4. The lowest BCUT2D eigenvalue weighted by molar-refractivity contribution is 0.664. The predicted molar refractivity (Wildman–Crippen MR) is 127 cm³/mol. The molecule has 34 heavy (non-hydrogen) atoms. The van der Waals surface area contributed by atoms with Gasteiger partial charge in [-0.05, 0) is 42.5 Å². The van der Waals surface area contributed by atoms with Crippen LogP contribution in [0.3, 0.4) is 0 Å². The molecule has 0 bridgehead atoms. The van der Waals surface area contributed by atoms with Gasteiger partial charge in [0.2, 0.25) is 5.69 Å². The minimum atomic E-state index is -0.565. The number of benzene rings is 4. The summed E-state index contributed by atoms with van der Waals surface area (Å²) in [7, 11) is 0. The highest BCUT2D eigenvalue weighted by Gasteiger charge is 2.24. The first-order chi connectivity index (χ1) is 16.6. The maximum Gasteiger partial charge on any atom is 0.266 e. The fourth-order valence-corrected chi connectivity index (χ4v) is 4.62. The maximum atomic E-state index is 13.6. The third-order valence-corrected chi connectivity index (χ3v) is 6.05. The molecule has 6 rings (SSSR count). The van der Waals surface area contributed by atoms with Crippen LogP contribution in [0.15, 0.2) is 74.7 Å². The monoisotopic (exact) mass is 438 g/mol. The number of pyridine rings is 1. The molecule has 0 aliphatic rings. The molecular weight excluding hydrogens is 428 g/mol. The van der Waals surface area contributed by atoms with E-state index in [1.54, 1.807) is 48.5 Å². The van der Waals surface area contributed by atoms with Crippen LogP contribution in [0.1, 0.15) is 11.1 Å². The van der Waals surface area contributed by atoms with Gasteiger partial charge in [0, 0.05) is 26.9 Å². The molecule has 0 atom stereocenters. The van der Waals surface area contributed by atoms with E-state index in [0.717, 1.165) is 4.57 Å². The van der Waals surface area contributed by atoms with Crippen LogP contribution in [0.2, 0.25) is 0 Å². The van der Waals surface area contributed by atoms with Gasteiger partial charge in [0.15, 0.2) is 0 Å². The number of fused-ring (bicyclic) bond motifs is 2. The summed E-state index contributed by atoms with van der Waals surface area (Å²) < 4.78 is 7.12. The summed E-state index contributed by atoms with van der Waals surface area (Å²) in [6.45, 7) is 7.71. The molecule has 156 valence electrons. The Balaban J connectivity index is 1.99. The van der Waals surface area contributed by atoms with Crippen LogP contribution >= 0.6 is 0 Å². The summed E-state index contributed by atoms with van der Waals surface area (Å²) in [5.74, 6) is 0. The highest BCUT2D eigenvalue weighted by Crippen LogP contribution is 2.43. The van der Waals surface area contributed by atoms with Gasteiger partial charge in [-0.2, -0.15) is 10.5 Å². The fourth-order valence-electron chi connectivity index (χ4n) is 4.62. The van der Waals surface area contributed by atoms with Gasteiger partial charge in [-0.3, -0.25) is 9.59 Å². The summed E-state index contributed by atoms with van der Waals surface area (Å²) in [5.41, 5.74) is 0.478. The largest absolute Gasteiger partial charge is 0.467 e. The van der Waals surface area contributed by atoms with E-state index in [2.05, 4.69) is 17.0 Å². The molecular formula is C27H10N4O3. The fraction of sp³-hybridized carbons (Fsp3) is 0. The first kappa shape index (κ1) is 19.3. The lowest BCUT2D eigenvalue weighted by Crippen LogP contribution is -2.32. The third kappa shape index (κ3) is 2.37. The van der Waals surface area contributed by atoms with Gasteiger partial charge in [-0.25, -0.2) is 9.41 Å². The highest BCUT2D eigenvalue weighted by molar-refractivity contribution is 6.30. The van der Waals surface area contributed by atoms with Crippen molar-refractivity contribution < 1.29 is 4.42 Å². The van der Waals surface area contributed by atoms with Crippen molar-refractivity contribution in [3.8, 4) is 17.8 Å². The van der Waals surface area contributed by atoms with E-state index in [1.807, 2.05) is 0 Å². The second kappa shape index (κ2) is 6.77. The molecule has 0 N–H and O–H groups in total. The van der Waals surface area contributed by atoms with E-state index in [0.29, 0.717) is 38.4 Å². The van der Waals surface area contributed by atoms with Gasteiger partial charge in [-0.1, -0.05) is 18.2 Å². The van der Waals surface area contributed by atoms with Crippen molar-refractivity contribution in [2.75, 3.05) is 0 Å². The number of nitriles is 2. The first-order valence-corrected chi connectivity index (χ1v) is 10.2. The van der Waals surface area contributed by atoms with Gasteiger partial charge in [0.05, 0.1) is 40.9 Å². The number of nitrogens with zero attached hydrogens (tertiary/aromatic N) is 4. The Kier molecular flexibility index (Phi) is 3.83. The van der Waals surface area contributed by atoms with Gasteiger partial charge >= 0.3 is 0 Å². The Morgan fingerprint density at radius 3 is 2.24 bits per heavy atom. The Morgan fingerprint density at radius 2 is 1.56 bits per heavy atom. The topological polar surface area (TPSA) is 104 Å². The van der Waals surface area contributed by atoms with Crippen molar-refractivity contribution in [2.24, 2.45) is 0 Å². The smallest absolute Gasteiger partial charge is 0.266 e. The lowest BCUT2D eigenvalue weighted by Gasteiger charge is -2.16. The average Bonchev–Trinajstić information content (AvgIpc) is 2.88. The molecule has 6 aromatic rings. The molecule has 0 spiro atoms. The molecule has 7 heteroatoms. The standard InChI is InChI=1S/C27H10N4O3/c1-30-20-11-19-23-18(26(32)31(27(19)33)16-5-3-2-4-6-16)10-15(13-29)22-17-9-14(12-28)7-8-21(17)34-25(20)24(22)23/h2-11H. The molecule has 0 aliphatic carbocycles. The van der Waals surface area contributed by atoms with E-state index < -0.39 is 11.1 Å². The maximum absolute atomic E-state index is 13.6. The number of hydrogen-bond acceptors (Lipinski definition) is 5.